The second kappa shape index (κ2) is 12.9. The van der Waals surface area contributed by atoms with Crippen LogP contribution < -0.4 is 0 Å². The molecule has 4 rings (SSSR count). The van der Waals surface area contributed by atoms with Crippen molar-refractivity contribution in [3.63, 3.8) is 0 Å². The Bertz CT molecular complexity index is 1190. The maximum absolute atomic E-state index is 13.2. The molecule has 1 aromatic heterocycles. The second-order valence-electron chi connectivity index (χ2n) is 10.4. The Morgan fingerprint density at radius 2 is 1.79 bits per heavy atom. The molecule has 2 heterocycles. The Morgan fingerprint density at radius 3 is 2.47 bits per heavy atom. The van der Waals surface area contributed by atoms with Crippen LogP contribution in [-0.2, 0) is 22.6 Å². The first-order chi connectivity index (χ1) is 18.4. The van der Waals surface area contributed by atoms with Crippen LogP contribution in [0.4, 0.5) is 0 Å². The molecule has 3 aromatic rings. The summed E-state index contributed by atoms with van der Waals surface area (Å²) in [4.78, 5) is 34.0. The van der Waals surface area contributed by atoms with E-state index < -0.39 is 0 Å². The summed E-state index contributed by atoms with van der Waals surface area (Å²) < 4.78 is 11.0. The lowest BCUT2D eigenvalue weighted by Gasteiger charge is -2.31. The average molecular weight is 518 g/mol. The molecule has 7 heteroatoms. The summed E-state index contributed by atoms with van der Waals surface area (Å²) in [6.07, 6.45) is 2.93. The number of piperidine rings is 1. The molecule has 1 fully saturated rings. The normalized spacial score (nSPS) is 16.6. The first-order valence-electron chi connectivity index (χ1n) is 13.6. The van der Waals surface area contributed by atoms with E-state index in [1.165, 1.54) is 23.0 Å². The van der Waals surface area contributed by atoms with Gasteiger partial charge in [0.1, 0.15) is 6.26 Å². The van der Waals surface area contributed by atoms with Crippen LogP contribution in [0, 0.1) is 5.92 Å². The van der Waals surface area contributed by atoms with Gasteiger partial charge in [-0.25, -0.2) is 4.98 Å². The smallest absolute Gasteiger partial charge is 0.310 e. The minimum atomic E-state index is -0.289. The molecule has 202 valence electrons. The van der Waals surface area contributed by atoms with Crippen LogP contribution in [-0.4, -0.2) is 46.4 Å². The van der Waals surface area contributed by atoms with Crippen LogP contribution in [0.25, 0.3) is 0 Å². The van der Waals surface area contributed by atoms with Gasteiger partial charge in [-0.15, -0.1) is 0 Å². The molecule has 0 bridgehead atoms. The number of hydrogen-bond donors (Lipinski definition) is 0. The number of oxazole rings is 1. The van der Waals surface area contributed by atoms with Crippen molar-refractivity contribution in [2.45, 2.75) is 65.6 Å². The van der Waals surface area contributed by atoms with E-state index in [1.54, 1.807) is 11.8 Å². The van der Waals surface area contributed by atoms with E-state index >= 15 is 0 Å². The first kappa shape index (κ1) is 27.6. The minimum Gasteiger partial charge on any atom is -0.466 e. The van der Waals surface area contributed by atoms with Gasteiger partial charge >= 0.3 is 5.97 Å². The molecule has 0 spiro atoms. The maximum atomic E-state index is 13.2. The molecule has 0 saturated carbocycles. The van der Waals surface area contributed by atoms with Gasteiger partial charge in [0.05, 0.1) is 19.1 Å². The van der Waals surface area contributed by atoms with Gasteiger partial charge in [0.25, 0.3) is 5.91 Å². The molecular weight excluding hydrogens is 478 g/mol. The summed E-state index contributed by atoms with van der Waals surface area (Å²) in [7, 11) is 0. The summed E-state index contributed by atoms with van der Waals surface area (Å²) in [6, 6.07) is 19.2. The molecule has 0 radical (unpaired) electrons. The fourth-order valence-electron chi connectivity index (χ4n) is 4.95. The number of esters is 1. The van der Waals surface area contributed by atoms with Crippen molar-refractivity contribution in [3.05, 3.63) is 89.1 Å². The molecule has 2 aromatic carbocycles. The first-order valence-corrected chi connectivity index (χ1v) is 13.6. The van der Waals surface area contributed by atoms with E-state index in [0.29, 0.717) is 44.6 Å². The molecule has 1 aliphatic heterocycles. The van der Waals surface area contributed by atoms with Gasteiger partial charge in [-0.1, -0.05) is 68.4 Å². The van der Waals surface area contributed by atoms with Crippen molar-refractivity contribution in [3.8, 4) is 0 Å². The van der Waals surface area contributed by atoms with Gasteiger partial charge in [-0.3, -0.25) is 14.5 Å². The number of ether oxygens (including phenoxy) is 1. The highest BCUT2D eigenvalue weighted by Gasteiger charge is 2.31. The SMILES string of the molecule is CCOC(=O)C1CCCN(C(=O)c2coc(CN(Cc3ccc(C(C)C)cc3)C(C)c3ccccc3)n2)C1. The van der Waals surface area contributed by atoms with Crippen molar-refractivity contribution >= 4 is 11.9 Å². The highest BCUT2D eigenvalue weighted by molar-refractivity contribution is 5.92. The number of carbonyl (C=O) groups is 2. The van der Waals surface area contributed by atoms with Crippen LogP contribution in [0.1, 0.15) is 85.6 Å². The van der Waals surface area contributed by atoms with Gasteiger partial charge in [0.15, 0.2) is 5.69 Å². The topological polar surface area (TPSA) is 75.9 Å². The van der Waals surface area contributed by atoms with Gasteiger partial charge in [-0.2, -0.15) is 0 Å². The van der Waals surface area contributed by atoms with Crippen molar-refractivity contribution < 1.29 is 18.7 Å². The standard InChI is InChI=1S/C31H39N3O4/c1-5-37-31(36)27-12-9-17-33(19-27)30(35)28-21-38-29(32-28)20-34(23(4)26-10-7-6-8-11-26)18-24-13-15-25(16-14-24)22(2)3/h6-8,10-11,13-16,21-23,27H,5,9,12,17-20H2,1-4H3. The highest BCUT2D eigenvalue weighted by atomic mass is 16.5. The van der Waals surface area contributed by atoms with Gasteiger partial charge in [0, 0.05) is 25.7 Å². The van der Waals surface area contributed by atoms with Crippen LogP contribution in [0.5, 0.6) is 0 Å². The zero-order valence-corrected chi connectivity index (χ0v) is 22.9. The van der Waals surface area contributed by atoms with E-state index in [0.717, 1.165) is 12.8 Å². The van der Waals surface area contributed by atoms with E-state index in [2.05, 4.69) is 67.1 Å². The van der Waals surface area contributed by atoms with Crippen molar-refractivity contribution in [2.75, 3.05) is 19.7 Å². The van der Waals surface area contributed by atoms with Gasteiger partial charge in [0.2, 0.25) is 5.89 Å². The summed E-state index contributed by atoms with van der Waals surface area (Å²) in [6.45, 7) is 10.8. The lowest BCUT2D eigenvalue weighted by molar-refractivity contribution is -0.149. The monoisotopic (exact) mass is 517 g/mol. The molecule has 1 saturated heterocycles. The van der Waals surface area contributed by atoms with E-state index in [1.807, 2.05) is 18.2 Å². The van der Waals surface area contributed by atoms with E-state index in [9.17, 15) is 9.59 Å². The fourth-order valence-corrected chi connectivity index (χ4v) is 4.95. The summed E-state index contributed by atoms with van der Waals surface area (Å²) in [5.41, 5.74) is 4.00. The maximum Gasteiger partial charge on any atom is 0.310 e. The summed E-state index contributed by atoms with van der Waals surface area (Å²) in [5, 5.41) is 0. The molecule has 2 unspecified atom stereocenters. The minimum absolute atomic E-state index is 0.111. The number of aromatic nitrogens is 1. The number of hydrogen-bond acceptors (Lipinski definition) is 6. The number of likely N-dealkylation sites (tertiary alicyclic amines) is 1. The number of rotatable bonds is 10. The van der Waals surface area contributed by atoms with Crippen LogP contribution in [0.3, 0.4) is 0 Å². The third-order valence-electron chi connectivity index (χ3n) is 7.30. The number of amides is 1. The summed E-state index contributed by atoms with van der Waals surface area (Å²) >= 11 is 0. The average Bonchev–Trinajstić information content (AvgIpc) is 3.41. The second-order valence-corrected chi connectivity index (χ2v) is 10.4. The molecule has 38 heavy (non-hydrogen) atoms. The lowest BCUT2D eigenvalue weighted by atomic mass is 9.98. The fraction of sp³-hybridized carbons (Fsp3) is 0.452. The lowest BCUT2D eigenvalue weighted by Crippen LogP contribution is -2.43. The third-order valence-corrected chi connectivity index (χ3v) is 7.30. The largest absolute Gasteiger partial charge is 0.466 e. The number of nitrogens with zero attached hydrogens (tertiary/aromatic N) is 3. The number of carbonyl (C=O) groups excluding carboxylic acids is 2. The molecule has 0 N–H and O–H groups in total. The van der Waals surface area contributed by atoms with Crippen molar-refractivity contribution in [1.29, 1.82) is 0 Å². The quantitative estimate of drug-likeness (QED) is 0.308. The Morgan fingerprint density at radius 1 is 1.05 bits per heavy atom. The molecule has 1 aliphatic rings. The predicted octanol–water partition coefficient (Wildman–Crippen LogP) is 5.98. The predicted molar refractivity (Wildman–Crippen MR) is 146 cm³/mol. The van der Waals surface area contributed by atoms with Gasteiger partial charge in [-0.05, 0) is 49.3 Å². The zero-order valence-electron chi connectivity index (χ0n) is 22.9. The van der Waals surface area contributed by atoms with Crippen molar-refractivity contribution in [1.82, 2.24) is 14.8 Å². The van der Waals surface area contributed by atoms with Crippen LogP contribution in [0.2, 0.25) is 0 Å². The zero-order chi connectivity index (χ0) is 27.1. The Kier molecular flexibility index (Phi) is 9.34. The summed E-state index contributed by atoms with van der Waals surface area (Å²) in [5.74, 6) is 0.245. The molecule has 1 amide bonds. The van der Waals surface area contributed by atoms with Gasteiger partial charge < -0.3 is 14.1 Å². The van der Waals surface area contributed by atoms with Crippen LogP contribution >= 0.6 is 0 Å². The van der Waals surface area contributed by atoms with E-state index in [-0.39, 0.29) is 29.5 Å². The third kappa shape index (κ3) is 6.90. The molecule has 7 nitrogen and oxygen atoms in total. The van der Waals surface area contributed by atoms with E-state index in [4.69, 9.17) is 9.15 Å². The van der Waals surface area contributed by atoms with Crippen molar-refractivity contribution in [2.24, 2.45) is 5.92 Å². The number of benzene rings is 2. The Balaban J connectivity index is 1.48. The highest BCUT2D eigenvalue weighted by Crippen LogP contribution is 2.26. The Labute approximate surface area is 225 Å². The Hall–Kier alpha value is -3.45. The molecule has 0 aliphatic carbocycles. The molecule has 2 atom stereocenters. The molecular formula is C31H39N3O4. The van der Waals surface area contributed by atoms with Crippen LogP contribution in [0.15, 0.2) is 65.3 Å².